The van der Waals surface area contributed by atoms with Crippen molar-refractivity contribution in [3.8, 4) is 0 Å². The molecule has 0 amide bonds. The molecule has 4 aromatic rings. The Hall–Kier alpha value is -3.51. The number of nitrogens with one attached hydrogen (secondary N) is 1. The first-order chi connectivity index (χ1) is 14.9. The molecule has 0 aliphatic heterocycles. The van der Waals surface area contributed by atoms with Crippen LogP contribution >= 0.6 is 0 Å². The topological polar surface area (TPSA) is 54.3 Å². The molecule has 0 fully saturated rings. The van der Waals surface area contributed by atoms with Gasteiger partial charge in [0.15, 0.2) is 0 Å². The molecule has 0 radical (unpaired) electrons. The van der Waals surface area contributed by atoms with Gasteiger partial charge in [-0.05, 0) is 42.3 Å². The van der Waals surface area contributed by atoms with Crippen molar-refractivity contribution in [1.29, 1.82) is 0 Å². The van der Waals surface area contributed by atoms with Crippen molar-refractivity contribution in [2.24, 2.45) is 0 Å². The lowest BCUT2D eigenvalue weighted by molar-refractivity contribution is 0.0684. The number of benzene rings is 3. The number of aromatic nitrogens is 1. The zero-order chi connectivity index (χ0) is 22.0. The third-order valence-electron chi connectivity index (χ3n) is 5.36. The SMILES string of the molecule is Cc1ccc2c(CNCc3ccccc3F)c(C(=O)O)n(Cc3ccc(F)cc3)c2c1. The molecule has 1 heterocycles. The molecular formula is C25H22F2N2O2. The molecule has 0 saturated heterocycles. The fourth-order valence-electron chi connectivity index (χ4n) is 3.86. The minimum absolute atomic E-state index is 0.172. The maximum atomic E-state index is 13.9. The molecule has 2 N–H and O–H groups in total. The van der Waals surface area contributed by atoms with Gasteiger partial charge in [0.2, 0.25) is 0 Å². The average molecular weight is 420 g/mol. The number of aryl methyl sites for hydroxylation is 1. The Bertz CT molecular complexity index is 1250. The summed E-state index contributed by atoms with van der Waals surface area (Å²) in [5, 5.41) is 14.0. The molecule has 31 heavy (non-hydrogen) atoms. The van der Waals surface area contributed by atoms with E-state index in [0.717, 1.165) is 22.0 Å². The molecule has 4 rings (SSSR count). The van der Waals surface area contributed by atoms with Crippen LogP contribution in [-0.2, 0) is 19.6 Å². The molecule has 0 spiro atoms. The number of rotatable bonds is 7. The van der Waals surface area contributed by atoms with Crippen molar-refractivity contribution in [3.63, 3.8) is 0 Å². The molecule has 158 valence electrons. The fourth-order valence-corrected chi connectivity index (χ4v) is 3.86. The number of hydrogen-bond acceptors (Lipinski definition) is 2. The summed E-state index contributed by atoms with van der Waals surface area (Å²) in [5.74, 6) is -1.69. The van der Waals surface area contributed by atoms with Gasteiger partial charge < -0.3 is 15.0 Å². The van der Waals surface area contributed by atoms with Crippen molar-refractivity contribution >= 4 is 16.9 Å². The van der Waals surface area contributed by atoms with Crippen LogP contribution in [0.5, 0.6) is 0 Å². The summed E-state index contributed by atoms with van der Waals surface area (Å²) in [6.45, 7) is 2.80. The molecule has 1 aromatic heterocycles. The first-order valence-electron chi connectivity index (χ1n) is 9.97. The molecule has 4 nitrogen and oxygen atoms in total. The summed E-state index contributed by atoms with van der Waals surface area (Å²) in [7, 11) is 0. The van der Waals surface area contributed by atoms with Crippen LogP contribution in [0.2, 0.25) is 0 Å². The van der Waals surface area contributed by atoms with E-state index in [9.17, 15) is 18.7 Å². The van der Waals surface area contributed by atoms with Gasteiger partial charge in [-0.15, -0.1) is 0 Å². The monoisotopic (exact) mass is 420 g/mol. The maximum Gasteiger partial charge on any atom is 0.352 e. The summed E-state index contributed by atoms with van der Waals surface area (Å²) in [6.07, 6.45) is 0. The molecule has 0 aliphatic rings. The molecular weight excluding hydrogens is 398 g/mol. The maximum absolute atomic E-state index is 13.9. The highest BCUT2D eigenvalue weighted by Crippen LogP contribution is 2.29. The Morgan fingerprint density at radius 1 is 1.00 bits per heavy atom. The predicted molar refractivity (Wildman–Crippen MR) is 116 cm³/mol. The quantitative estimate of drug-likeness (QED) is 0.429. The van der Waals surface area contributed by atoms with Crippen LogP contribution in [0.1, 0.15) is 32.7 Å². The fraction of sp³-hybridized carbons (Fsp3) is 0.160. The van der Waals surface area contributed by atoms with Crippen LogP contribution in [0.3, 0.4) is 0 Å². The standard InChI is InChI=1S/C25H22F2N2O2/c1-16-6-11-20-21(14-28-13-18-4-2-3-5-22(18)27)24(25(30)31)29(23(20)12-16)15-17-7-9-19(26)10-8-17/h2-12,28H,13-15H2,1H3,(H,30,31). The van der Waals surface area contributed by atoms with Gasteiger partial charge in [-0.25, -0.2) is 13.6 Å². The number of hydrogen-bond donors (Lipinski definition) is 2. The lowest BCUT2D eigenvalue weighted by Gasteiger charge is -2.10. The third-order valence-corrected chi connectivity index (χ3v) is 5.36. The van der Waals surface area contributed by atoms with Gasteiger partial charge in [0.05, 0.1) is 0 Å². The first-order valence-corrected chi connectivity index (χ1v) is 9.97. The van der Waals surface area contributed by atoms with E-state index in [1.54, 1.807) is 34.9 Å². The Kier molecular flexibility index (Phi) is 5.82. The number of carbonyl (C=O) groups is 1. The van der Waals surface area contributed by atoms with Gasteiger partial charge in [-0.1, -0.05) is 42.5 Å². The summed E-state index contributed by atoms with van der Waals surface area (Å²) in [6, 6.07) is 18.3. The molecule has 3 aromatic carbocycles. The van der Waals surface area contributed by atoms with E-state index in [1.807, 2.05) is 25.1 Å². The van der Waals surface area contributed by atoms with Gasteiger partial charge in [0, 0.05) is 41.7 Å². The lowest BCUT2D eigenvalue weighted by Crippen LogP contribution is -2.17. The van der Waals surface area contributed by atoms with E-state index in [4.69, 9.17) is 0 Å². The summed E-state index contributed by atoms with van der Waals surface area (Å²) >= 11 is 0. The normalized spacial score (nSPS) is 11.2. The van der Waals surface area contributed by atoms with Gasteiger partial charge in [-0.3, -0.25) is 0 Å². The van der Waals surface area contributed by atoms with Crippen LogP contribution in [0.25, 0.3) is 10.9 Å². The van der Waals surface area contributed by atoms with E-state index in [1.165, 1.54) is 18.2 Å². The van der Waals surface area contributed by atoms with Crippen molar-refractivity contribution in [3.05, 3.63) is 106 Å². The second-order valence-electron chi connectivity index (χ2n) is 7.56. The largest absolute Gasteiger partial charge is 0.477 e. The van der Waals surface area contributed by atoms with Gasteiger partial charge >= 0.3 is 5.97 Å². The number of carboxylic acids is 1. The van der Waals surface area contributed by atoms with E-state index < -0.39 is 5.97 Å². The van der Waals surface area contributed by atoms with Crippen LogP contribution in [0, 0.1) is 18.6 Å². The molecule has 0 bridgehead atoms. The highest BCUT2D eigenvalue weighted by Gasteiger charge is 2.22. The Morgan fingerprint density at radius 3 is 2.45 bits per heavy atom. The zero-order valence-corrected chi connectivity index (χ0v) is 17.0. The Balaban J connectivity index is 1.73. The first kappa shape index (κ1) is 20.8. The van der Waals surface area contributed by atoms with Gasteiger partial charge in [0.1, 0.15) is 17.3 Å². The number of halogens is 2. The number of nitrogens with zero attached hydrogens (tertiary/aromatic N) is 1. The second kappa shape index (κ2) is 8.70. The average Bonchev–Trinajstić information content (AvgIpc) is 3.04. The van der Waals surface area contributed by atoms with E-state index in [0.29, 0.717) is 17.7 Å². The van der Waals surface area contributed by atoms with E-state index >= 15 is 0 Å². The number of aromatic carboxylic acids is 1. The number of fused-ring (bicyclic) bond motifs is 1. The highest BCUT2D eigenvalue weighted by atomic mass is 19.1. The number of carboxylic acid groups (broad SMARTS) is 1. The predicted octanol–water partition coefficient (Wildman–Crippen LogP) is 5.26. The van der Waals surface area contributed by atoms with Crippen LogP contribution in [-0.4, -0.2) is 15.6 Å². The zero-order valence-electron chi connectivity index (χ0n) is 17.0. The second-order valence-corrected chi connectivity index (χ2v) is 7.56. The lowest BCUT2D eigenvalue weighted by atomic mass is 10.1. The van der Waals surface area contributed by atoms with Crippen LogP contribution in [0.4, 0.5) is 8.78 Å². The van der Waals surface area contributed by atoms with Crippen LogP contribution in [0.15, 0.2) is 66.7 Å². The Labute approximate surface area is 178 Å². The molecule has 0 unspecified atom stereocenters. The van der Waals surface area contributed by atoms with Crippen molar-refractivity contribution in [2.75, 3.05) is 0 Å². The molecule has 0 saturated carbocycles. The highest BCUT2D eigenvalue weighted by molar-refractivity contribution is 5.98. The van der Waals surface area contributed by atoms with Gasteiger partial charge in [0.25, 0.3) is 0 Å². The molecule has 6 heteroatoms. The summed E-state index contributed by atoms with van der Waals surface area (Å²) in [4.78, 5) is 12.3. The van der Waals surface area contributed by atoms with Crippen LogP contribution < -0.4 is 5.32 Å². The third kappa shape index (κ3) is 4.34. The van der Waals surface area contributed by atoms with Gasteiger partial charge in [-0.2, -0.15) is 0 Å². The molecule has 0 atom stereocenters. The van der Waals surface area contributed by atoms with Crippen molar-refractivity contribution in [1.82, 2.24) is 9.88 Å². The minimum atomic E-state index is -1.04. The summed E-state index contributed by atoms with van der Waals surface area (Å²) < 4.78 is 29.0. The van der Waals surface area contributed by atoms with E-state index in [2.05, 4.69) is 5.32 Å². The Morgan fingerprint density at radius 2 is 1.74 bits per heavy atom. The van der Waals surface area contributed by atoms with Crippen molar-refractivity contribution in [2.45, 2.75) is 26.6 Å². The summed E-state index contributed by atoms with van der Waals surface area (Å²) in [5.41, 5.74) is 3.93. The smallest absolute Gasteiger partial charge is 0.352 e. The minimum Gasteiger partial charge on any atom is -0.477 e. The molecule has 0 aliphatic carbocycles. The van der Waals surface area contributed by atoms with E-state index in [-0.39, 0.29) is 30.4 Å². The van der Waals surface area contributed by atoms with Crippen molar-refractivity contribution < 1.29 is 18.7 Å².